The molecule has 0 aromatic carbocycles. The molecule has 4 heteroatoms. The first kappa shape index (κ1) is 13.4. The van der Waals surface area contributed by atoms with Crippen molar-refractivity contribution in [2.45, 2.75) is 57.7 Å². The molecule has 0 unspecified atom stereocenters. The van der Waals surface area contributed by atoms with Gasteiger partial charge in [-0.05, 0) is 25.7 Å². The molecule has 0 spiro atoms. The van der Waals surface area contributed by atoms with Crippen LogP contribution in [0.15, 0.2) is 12.4 Å². The van der Waals surface area contributed by atoms with Crippen LogP contribution in [0.3, 0.4) is 0 Å². The fraction of sp³-hybridized carbons (Fsp3) is 0.714. The van der Waals surface area contributed by atoms with Crippen LogP contribution in [0.5, 0.6) is 0 Å². The van der Waals surface area contributed by atoms with Crippen molar-refractivity contribution >= 4 is 0 Å². The molecular formula is C14H23N3O. The van der Waals surface area contributed by atoms with Gasteiger partial charge in [0.1, 0.15) is 5.60 Å². The van der Waals surface area contributed by atoms with Crippen molar-refractivity contribution in [3.63, 3.8) is 0 Å². The molecule has 2 rings (SSSR count). The van der Waals surface area contributed by atoms with Crippen molar-refractivity contribution in [2.75, 3.05) is 7.11 Å². The number of nitrogens with one attached hydrogen (secondary N) is 1. The quantitative estimate of drug-likeness (QED) is 0.870. The summed E-state index contributed by atoms with van der Waals surface area (Å²) in [6, 6.07) is 0.477. The van der Waals surface area contributed by atoms with Gasteiger partial charge in [0.15, 0.2) is 5.82 Å². The summed E-state index contributed by atoms with van der Waals surface area (Å²) in [4.78, 5) is 9.01. The highest BCUT2D eigenvalue weighted by Gasteiger charge is 2.38. The summed E-state index contributed by atoms with van der Waals surface area (Å²) in [7, 11) is 1.77. The highest BCUT2D eigenvalue weighted by Crippen LogP contribution is 2.39. The second-order valence-corrected chi connectivity index (χ2v) is 5.36. The van der Waals surface area contributed by atoms with E-state index in [1.54, 1.807) is 7.11 Å². The molecule has 0 atom stereocenters. The van der Waals surface area contributed by atoms with Gasteiger partial charge in [-0.3, -0.25) is 0 Å². The van der Waals surface area contributed by atoms with Crippen LogP contribution < -0.4 is 5.32 Å². The van der Waals surface area contributed by atoms with Crippen molar-refractivity contribution < 1.29 is 4.74 Å². The zero-order valence-corrected chi connectivity index (χ0v) is 11.6. The number of hydrogen-bond acceptors (Lipinski definition) is 4. The lowest BCUT2D eigenvalue weighted by atomic mass is 10.0. The molecule has 1 aromatic rings. The lowest BCUT2D eigenvalue weighted by molar-refractivity contribution is -0.0163. The molecule has 0 amide bonds. The molecule has 1 N–H and O–H groups in total. The first-order chi connectivity index (χ1) is 8.66. The van der Waals surface area contributed by atoms with Gasteiger partial charge in [-0.2, -0.15) is 0 Å². The maximum Gasteiger partial charge on any atom is 0.160 e. The van der Waals surface area contributed by atoms with Crippen LogP contribution in [-0.4, -0.2) is 23.1 Å². The third kappa shape index (κ3) is 2.87. The fourth-order valence-corrected chi connectivity index (χ4v) is 2.47. The molecule has 1 fully saturated rings. The molecule has 100 valence electrons. The van der Waals surface area contributed by atoms with Crippen molar-refractivity contribution in [1.82, 2.24) is 15.3 Å². The summed E-state index contributed by atoms with van der Waals surface area (Å²) < 4.78 is 5.68. The van der Waals surface area contributed by atoms with E-state index in [0.29, 0.717) is 6.04 Å². The van der Waals surface area contributed by atoms with Crippen LogP contribution in [-0.2, 0) is 16.9 Å². The van der Waals surface area contributed by atoms with Crippen molar-refractivity contribution in [1.29, 1.82) is 0 Å². The van der Waals surface area contributed by atoms with Gasteiger partial charge in [-0.25, -0.2) is 9.97 Å². The normalized spacial score (nSPS) is 18.4. The molecule has 1 saturated carbocycles. The summed E-state index contributed by atoms with van der Waals surface area (Å²) >= 11 is 0. The molecule has 0 aliphatic heterocycles. The largest absolute Gasteiger partial charge is 0.370 e. The van der Waals surface area contributed by atoms with E-state index >= 15 is 0 Å². The highest BCUT2D eigenvalue weighted by molar-refractivity contribution is 5.11. The van der Waals surface area contributed by atoms with Crippen LogP contribution in [0, 0.1) is 0 Å². The molecule has 18 heavy (non-hydrogen) atoms. The Hall–Kier alpha value is -1.00. The fourth-order valence-electron chi connectivity index (χ4n) is 2.47. The minimum atomic E-state index is -0.232. The number of ether oxygens (including phenoxy) is 1. The van der Waals surface area contributed by atoms with Crippen molar-refractivity contribution in [3.05, 3.63) is 23.8 Å². The van der Waals surface area contributed by atoms with Crippen LogP contribution in [0.1, 0.15) is 50.9 Å². The Morgan fingerprint density at radius 3 is 2.39 bits per heavy atom. The number of nitrogens with zero attached hydrogens (tertiary/aromatic N) is 2. The predicted octanol–water partition coefficient (Wildman–Crippen LogP) is 2.39. The Labute approximate surface area is 109 Å². The van der Waals surface area contributed by atoms with E-state index in [1.807, 2.05) is 12.4 Å². The molecule has 0 bridgehead atoms. The van der Waals surface area contributed by atoms with E-state index in [0.717, 1.165) is 30.8 Å². The first-order valence-corrected chi connectivity index (χ1v) is 6.76. The minimum absolute atomic E-state index is 0.232. The highest BCUT2D eigenvalue weighted by atomic mass is 16.5. The zero-order chi connectivity index (χ0) is 13.0. The maximum absolute atomic E-state index is 5.68. The van der Waals surface area contributed by atoms with Crippen LogP contribution in [0.25, 0.3) is 0 Å². The Morgan fingerprint density at radius 2 is 1.89 bits per heavy atom. The summed E-state index contributed by atoms with van der Waals surface area (Å²) in [5, 5.41) is 3.36. The molecule has 4 nitrogen and oxygen atoms in total. The number of aromatic nitrogens is 2. The zero-order valence-electron chi connectivity index (χ0n) is 11.6. The third-order valence-corrected chi connectivity index (χ3v) is 3.63. The smallest absolute Gasteiger partial charge is 0.160 e. The van der Waals surface area contributed by atoms with Gasteiger partial charge in [0.05, 0.1) is 0 Å². The van der Waals surface area contributed by atoms with E-state index in [-0.39, 0.29) is 5.60 Å². The van der Waals surface area contributed by atoms with E-state index in [1.165, 1.54) is 12.8 Å². The van der Waals surface area contributed by atoms with E-state index in [2.05, 4.69) is 29.1 Å². The molecule has 0 saturated heterocycles. The molecule has 0 radical (unpaired) electrons. The van der Waals surface area contributed by atoms with Gasteiger partial charge in [0.2, 0.25) is 0 Å². The minimum Gasteiger partial charge on any atom is -0.370 e. The average Bonchev–Trinajstić information content (AvgIpc) is 2.87. The standard InChI is InChI=1S/C14H23N3O/c1-11(2)15-8-12-9-16-13(17-10-12)14(18-3)6-4-5-7-14/h9-11,15H,4-8H2,1-3H3. The molecule has 1 aliphatic carbocycles. The second kappa shape index (κ2) is 5.76. The Bertz CT molecular complexity index is 369. The van der Waals surface area contributed by atoms with E-state index in [4.69, 9.17) is 4.74 Å². The number of rotatable bonds is 5. The Kier molecular flexibility index (Phi) is 4.30. The summed E-state index contributed by atoms with van der Waals surface area (Å²) in [5.41, 5.74) is 0.890. The van der Waals surface area contributed by atoms with Gasteiger partial charge < -0.3 is 10.1 Å². The van der Waals surface area contributed by atoms with Crippen molar-refractivity contribution in [3.8, 4) is 0 Å². The van der Waals surface area contributed by atoms with Crippen LogP contribution >= 0.6 is 0 Å². The third-order valence-electron chi connectivity index (χ3n) is 3.63. The molecule has 1 aliphatic rings. The summed E-state index contributed by atoms with van der Waals surface area (Å²) in [5.74, 6) is 0.843. The molecule has 1 aromatic heterocycles. The number of hydrogen-bond donors (Lipinski definition) is 1. The molecular weight excluding hydrogens is 226 g/mol. The lowest BCUT2D eigenvalue weighted by Crippen LogP contribution is -2.28. The van der Waals surface area contributed by atoms with E-state index in [9.17, 15) is 0 Å². The van der Waals surface area contributed by atoms with Crippen molar-refractivity contribution in [2.24, 2.45) is 0 Å². The van der Waals surface area contributed by atoms with Gasteiger partial charge in [0, 0.05) is 37.7 Å². The lowest BCUT2D eigenvalue weighted by Gasteiger charge is -2.25. The van der Waals surface area contributed by atoms with Gasteiger partial charge in [0.25, 0.3) is 0 Å². The summed E-state index contributed by atoms with van der Waals surface area (Å²) in [6.45, 7) is 5.08. The van der Waals surface area contributed by atoms with Crippen LogP contribution in [0.2, 0.25) is 0 Å². The second-order valence-electron chi connectivity index (χ2n) is 5.36. The molecule has 1 heterocycles. The SMILES string of the molecule is COC1(c2ncc(CNC(C)C)cn2)CCCC1. The number of methoxy groups -OCH3 is 1. The van der Waals surface area contributed by atoms with Gasteiger partial charge >= 0.3 is 0 Å². The average molecular weight is 249 g/mol. The summed E-state index contributed by atoms with van der Waals surface area (Å²) in [6.07, 6.45) is 8.30. The maximum atomic E-state index is 5.68. The van der Waals surface area contributed by atoms with E-state index < -0.39 is 0 Å². The van der Waals surface area contributed by atoms with Gasteiger partial charge in [-0.15, -0.1) is 0 Å². The van der Waals surface area contributed by atoms with Gasteiger partial charge in [-0.1, -0.05) is 13.8 Å². The monoisotopic (exact) mass is 249 g/mol. The van der Waals surface area contributed by atoms with Crippen LogP contribution in [0.4, 0.5) is 0 Å². The first-order valence-electron chi connectivity index (χ1n) is 6.76. The Balaban J connectivity index is 2.07. The topological polar surface area (TPSA) is 47.0 Å². The Morgan fingerprint density at radius 1 is 1.28 bits per heavy atom. The predicted molar refractivity (Wildman–Crippen MR) is 71.2 cm³/mol.